The molecular formula is C19H26O2Si. The van der Waals surface area contributed by atoms with Crippen molar-refractivity contribution in [1.29, 1.82) is 0 Å². The van der Waals surface area contributed by atoms with Gasteiger partial charge in [-0.25, -0.2) is 0 Å². The molecule has 0 radical (unpaired) electrons. The van der Waals surface area contributed by atoms with Gasteiger partial charge in [0.15, 0.2) is 17.5 Å². The molecule has 2 rings (SSSR count). The molecule has 2 unspecified atom stereocenters. The van der Waals surface area contributed by atoms with Crippen molar-refractivity contribution in [3.8, 4) is 23.3 Å². The lowest BCUT2D eigenvalue weighted by Crippen LogP contribution is -2.36. The number of hydrogen-bond donors (Lipinski definition) is 0. The average molecular weight is 315 g/mol. The first-order chi connectivity index (χ1) is 10.1. The van der Waals surface area contributed by atoms with Crippen LogP contribution in [0.1, 0.15) is 47.0 Å². The van der Waals surface area contributed by atoms with Crippen LogP contribution in [0.5, 0.6) is 0 Å². The fourth-order valence-electron chi connectivity index (χ4n) is 2.04. The summed E-state index contributed by atoms with van der Waals surface area (Å²) in [5, 5.41) is 0.250. The number of Topliss-reactive ketones (excluding diaryl/α,β-unsaturated/α-hetero) is 1. The lowest BCUT2D eigenvalue weighted by molar-refractivity contribution is -0.114. The van der Waals surface area contributed by atoms with E-state index >= 15 is 0 Å². The Labute approximate surface area is 135 Å². The second-order valence-electron chi connectivity index (χ2n) is 7.96. The summed E-state index contributed by atoms with van der Waals surface area (Å²) in [6.45, 7) is 13.4. The summed E-state index contributed by atoms with van der Waals surface area (Å²) in [5.74, 6) is 9.63. The van der Waals surface area contributed by atoms with Gasteiger partial charge in [-0.1, -0.05) is 51.6 Å². The van der Waals surface area contributed by atoms with Gasteiger partial charge in [0.25, 0.3) is 0 Å². The zero-order valence-corrected chi connectivity index (χ0v) is 15.6. The first-order valence-electron chi connectivity index (χ1n) is 8.01. The molecule has 118 valence electrons. The Morgan fingerprint density at radius 1 is 1.32 bits per heavy atom. The van der Waals surface area contributed by atoms with Gasteiger partial charge in [0, 0.05) is 12.0 Å². The van der Waals surface area contributed by atoms with E-state index in [1.807, 2.05) is 6.92 Å². The topological polar surface area (TPSA) is 29.6 Å². The van der Waals surface area contributed by atoms with Gasteiger partial charge in [-0.05, 0) is 30.9 Å². The molecule has 22 heavy (non-hydrogen) atoms. The van der Waals surface area contributed by atoms with Crippen molar-refractivity contribution < 1.29 is 9.53 Å². The van der Waals surface area contributed by atoms with Crippen molar-refractivity contribution in [2.24, 2.45) is 0 Å². The quantitative estimate of drug-likeness (QED) is 0.294. The standard InChI is InChI=1S/C19H26O2Si/c1-18(2,3)22(5,6)14-13-19(4)17(21-19)12-8-10-15-9-7-11-16(15)20/h10,17H,7,9,11H2,1-6H3/b15-10-. The van der Waals surface area contributed by atoms with Crippen LogP contribution in [0, 0.1) is 23.3 Å². The van der Waals surface area contributed by atoms with E-state index in [9.17, 15) is 4.79 Å². The maximum Gasteiger partial charge on any atom is 0.164 e. The van der Waals surface area contributed by atoms with Gasteiger partial charge in [-0.15, -0.1) is 5.54 Å². The number of ketones is 1. The highest BCUT2D eigenvalue weighted by molar-refractivity contribution is 6.87. The van der Waals surface area contributed by atoms with E-state index in [0.29, 0.717) is 6.42 Å². The van der Waals surface area contributed by atoms with Crippen LogP contribution in [0.2, 0.25) is 18.1 Å². The van der Waals surface area contributed by atoms with Gasteiger partial charge in [0.05, 0.1) is 0 Å². The van der Waals surface area contributed by atoms with Crippen molar-refractivity contribution in [2.45, 2.75) is 76.8 Å². The van der Waals surface area contributed by atoms with Gasteiger partial charge in [0.1, 0.15) is 8.07 Å². The van der Waals surface area contributed by atoms with E-state index in [4.69, 9.17) is 4.74 Å². The molecule has 0 aromatic carbocycles. The summed E-state index contributed by atoms with van der Waals surface area (Å²) in [6.07, 6.45) is 4.13. The summed E-state index contributed by atoms with van der Waals surface area (Å²) in [7, 11) is -1.61. The van der Waals surface area contributed by atoms with Gasteiger partial charge in [0.2, 0.25) is 0 Å². The Morgan fingerprint density at radius 2 is 2.00 bits per heavy atom. The molecule has 1 aliphatic carbocycles. The van der Waals surface area contributed by atoms with Gasteiger partial charge < -0.3 is 4.74 Å². The minimum atomic E-state index is -1.61. The molecule has 1 heterocycles. The Hall–Kier alpha value is -1.29. The molecule has 1 aliphatic heterocycles. The molecule has 0 aromatic heterocycles. The molecule has 1 saturated heterocycles. The fourth-order valence-corrected chi connectivity index (χ4v) is 2.97. The lowest BCUT2D eigenvalue weighted by Gasteiger charge is -2.31. The van der Waals surface area contributed by atoms with Crippen LogP contribution in [0.3, 0.4) is 0 Å². The molecule has 0 amide bonds. The molecule has 0 aromatic rings. The van der Waals surface area contributed by atoms with Crippen LogP contribution >= 0.6 is 0 Å². The zero-order valence-electron chi connectivity index (χ0n) is 14.6. The minimum Gasteiger partial charge on any atom is -0.339 e. The molecule has 2 aliphatic rings. The highest BCUT2D eigenvalue weighted by Gasteiger charge is 2.51. The van der Waals surface area contributed by atoms with Crippen LogP contribution in [0.15, 0.2) is 11.6 Å². The van der Waals surface area contributed by atoms with Crippen LogP contribution in [0.25, 0.3) is 0 Å². The van der Waals surface area contributed by atoms with E-state index in [1.165, 1.54) is 0 Å². The zero-order chi connectivity index (χ0) is 16.6. The second-order valence-corrected chi connectivity index (χ2v) is 13.0. The van der Waals surface area contributed by atoms with Gasteiger partial charge >= 0.3 is 0 Å². The predicted octanol–water partition coefficient (Wildman–Crippen LogP) is 3.88. The van der Waals surface area contributed by atoms with E-state index in [1.54, 1.807) is 6.08 Å². The lowest BCUT2D eigenvalue weighted by atomic mass is 10.1. The van der Waals surface area contributed by atoms with Crippen LogP contribution in [0.4, 0.5) is 0 Å². The average Bonchev–Trinajstić information content (AvgIpc) is 2.85. The minimum absolute atomic E-state index is 0.127. The second kappa shape index (κ2) is 5.73. The molecular weight excluding hydrogens is 288 g/mol. The van der Waals surface area contributed by atoms with Crippen LogP contribution < -0.4 is 0 Å². The van der Waals surface area contributed by atoms with Crippen LogP contribution in [-0.4, -0.2) is 25.6 Å². The predicted molar refractivity (Wildman–Crippen MR) is 93.0 cm³/mol. The Kier molecular flexibility index (Phi) is 4.44. The van der Waals surface area contributed by atoms with E-state index < -0.39 is 13.7 Å². The third kappa shape index (κ3) is 3.72. The number of carbonyl (C=O) groups is 1. The van der Waals surface area contributed by atoms with Crippen LogP contribution in [-0.2, 0) is 9.53 Å². The van der Waals surface area contributed by atoms with Crippen molar-refractivity contribution in [1.82, 2.24) is 0 Å². The molecule has 3 heteroatoms. The Bertz CT molecular complexity index is 628. The first-order valence-corrected chi connectivity index (χ1v) is 11.0. The smallest absolute Gasteiger partial charge is 0.164 e. The Balaban J connectivity index is 2.02. The number of epoxide rings is 1. The molecule has 0 N–H and O–H groups in total. The van der Waals surface area contributed by atoms with Crippen molar-refractivity contribution in [3.05, 3.63) is 11.6 Å². The number of rotatable bonds is 0. The third-order valence-electron chi connectivity index (χ3n) is 4.97. The number of carbonyl (C=O) groups excluding carboxylic acids is 1. The summed E-state index contributed by atoms with van der Waals surface area (Å²) >= 11 is 0. The maximum absolute atomic E-state index is 11.5. The largest absolute Gasteiger partial charge is 0.339 e. The maximum atomic E-state index is 11.5. The van der Waals surface area contributed by atoms with Gasteiger partial charge in [-0.2, -0.15) is 0 Å². The van der Waals surface area contributed by atoms with Gasteiger partial charge in [-0.3, -0.25) is 4.79 Å². The fraction of sp³-hybridized carbons (Fsp3) is 0.632. The summed E-state index contributed by atoms with van der Waals surface area (Å²) in [5.41, 5.74) is 3.93. The molecule has 2 nitrogen and oxygen atoms in total. The van der Waals surface area contributed by atoms with Crippen molar-refractivity contribution in [2.75, 3.05) is 0 Å². The molecule has 0 bridgehead atoms. The van der Waals surface area contributed by atoms with Crippen molar-refractivity contribution in [3.63, 3.8) is 0 Å². The highest BCUT2D eigenvalue weighted by atomic mass is 28.3. The number of allylic oxidation sites excluding steroid dienone is 2. The highest BCUT2D eigenvalue weighted by Crippen LogP contribution is 2.38. The molecule has 1 saturated carbocycles. The third-order valence-corrected chi connectivity index (χ3v) is 9.47. The van der Waals surface area contributed by atoms with E-state index in [0.717, 1.165) is 18.4 Å². The molecule has 2 atom stereocenters. The molecule has 2 fully saturated rings. The summed E-state index contributed by atoms with van der Waals surface area (Å²) in [4.78, 5) is 11.5. The van der Waals surface area contributed by atoms with Crippen molar-refractivity contribution >= 4 is 13.9 Å². The SMILES string of the molecule is CC1(C#C[Si](C)(C)C(C)(C)C)OC1C#C/C=C1/CCCC1=O. The van der Waals surface area contributed by atoms with E-state index in [-0.39, 0.29) is 16.9 Å². The summed E-state index contributed by atoms with van der Waals surface area (Å²) < 4.78 is 5.66. The normalized spacial score (nSPS) is 29.6. The Morgan fingerprint density at radius 3 is 2.55 bits per heavy atom. The monoisotopic (exact) mass is 314 g/mol. The van der Waals surface area contributed by atoms with E-state index in [2.05, 4.69) is 57.2 Å². The molecule has 0 spiro atoms. The summed E-state index contributed by atoms with van der Waals surface area (Å²) in [6, 6.07) is 0. The first kappa shape index (κ1) is 17.1. The number of ether oxygens (including phenoxy) is 1. The number of hydrogen-bond acceptors (Lipinski definition) is 2.